The summed E-state index contributed by atoms with van der Waals surface area (Å²) in [4.78, 5) is 22.7. The fourth-order valence-corrected chi connectivity index (χ4v) is 2.08. The largest absolute Gasteiger partial charge is 0.363 e. The molecular weight excluding hydrogens is 282 g/mol. The summed E-state index contributed by atoms with van der Waals surface area (Å²) in [7, 11) is 3.84. The molecular formula is C15H21N5O2. The van der Waals surface area contributed by atoms with Gasteiger partial charge in [0.1, 0.15) is 17.4 Å². The number of nitrogens with one attached hydrogen (secondary N) is 1. The van der Waals surface area contributed by atoms with E-state index >= 15 is 0 Å². The second-order valence-electron chi connectivity index (χ2n) is 5.43. The zero-order chi connectivity index (χ0) is 16.3. The third-order valence-electron chi connectivity index (χ3n) is 3.31. The summed E-state index contributed by atoms with van der Waals surface area (Å²) >= 11 is 0. The van der Waals surface area contributed by atoms with Gasteiger partial charge in [-0.2, -0.15) is 0 Å². The number of anilines is 1. The first-order chi connectivity index (χ1) is 10.4. The Hall–Kier alpha value is -2.44. The third-order valence-corrected chi connectivity index (χ3v) is 3.31. The van der Waals surface area contributed by atoms with Gasteiger partial charge in [0, 0.05) is 31.4 Å². The maximum Gasteiger partial charge on any atom is 0.224 e. The summed E-state index contributed by atoms with van der Waals surface area (Å²) in [5.74, 6) is 1.98. The molecule has 0 aromatic carbocycles. The van der Waals surface area contributed by atoms with Gasteiger partial charge in [-0.1, -0.05) is 5.16 Å². The fourth-order valence-electron chi connectivity index (χ4n) is 2.08. The second-order valence-corrected chi connectivity index (χ2v) is 5.43. The Kier molecular flexibility index (Phi) is 4.75. The van der Waals surface area contributed by atoms with Gasteiger partial charge in [0.25, 0.3) is 0 Å². The zero-order valence-corrected chi connectivity index (χ0v) is 13.6. The topological polar surface area (TPSA) is 84.2 Å². The van der Waals surface area contributed by atoms with Gasteiger partial charge in [-0.05, 0) is 20.8 Å². The summed E-state index contributed by atoms with van der Waals surface area (Å²) < 4.78 is 5.06. The molecule has 1 amide bonds. The van der Waals surface area contributed by atoms with Crippen molar-refractivity contribution in [3.63, 3.8) is 0 Å². The van der Waals surface area contributed by atoms with Gasteiger partial charge in [-0.25, -0.2) is 9.97 Å². The number of nitrogens with zero attached hydrogens (tertiary/aromatic N) is 4. The number of amides is 1. The van der Waals surface area contributed by atoms with Crippen LogP contribution in [0.4, 0.5) is 5.82 Å². The van der Waals surface area contributed by atoms with Gasteiger partial charge >= 0.3 is 0 Å². The molecule has 0 spiro atoms. The van der Waals surface area contributed by atoms with Crippen molar-refractivity contribution in [3.8, 4) is 0 Å². The van der Waals surface area contributed by atoms with Crippen molar-refractivity contribution in [1.29, 1.82) is 0 Å². The molecule has 0 saturated heterocycles. The molecule has 2 aromatic rings. The van der Waals surface area contributed by atoms with Crippen molar-refractivity contribution in [2.75, 3.05) is 19.0 Å². The van der Waals surface area contributed by atoms with Crippen molar-refractivity contribution in [1.82, 2.24) is 20.4 Å². The molecule has 1 N–H and O–H groups in total. The number of hydrogen-bond acceptors (Lipinski definition) is 6. The Bertz CT molecular complexity index is 659. The number of hydrogen-bond donors (Lipinski definition) is 1. The van der Waals surface area contributed by atoms with Crippen LogP contribution in [0.2, 0.25) is 0 Å². The highest BCUT2D eigenvalue weighted by Gasteiger charge is 2.13. The molecule has 0 aliphatic carbocycles. The highest BCUT2D eigenvalue weighted by molar-refractivity contribution is 5.78. The van der Waals surface area contributed by atoms with E-state index in [0.717, 1.165) is 22.8 Å². The van der Waals surface area contributed by atoms with Crippen LogP contribution in [-0.2, 0) is 17.8 Å². The molecule has 2 heterocycles. The SMILES string of the molecule is Cc1cc(N(C)C)nc(CNC(=O)Cc2c(C)noc2C)n1. The first-order valence-corrected chi connectivity index (χ1v) is 7.07. The first-order valence-electron chi connectivity index (χ1n) is 7.07. The lowest BCUT2D eigenvalue weighted by Gasteiger charge is -2.13. The van der Waals surface area contributed by atoms with E-state index < -0.39 is 0 Å². The molecule has 0 aliphatic heterocycles. The Morgan fingerprint density at radius 2 is 2.00 bits per heavy atom. The van der Waals surface area contributed by atoms with Crippen molar-refractivity contribution in [2.45, 2.75) is 33.7 Å². The van der Waals surface area contributed by atoms with Gasteiger partial charge in [0.05, 0.1) is 18.7 Å². The van der Waals surface area contributed by atoms with Gasteiger partial charge < -0.3 is 14.7 Å². The maximum atomic E-state index is 12.0. The molecule has 0 unspecified atom stereocenters. The Morgan fingerprint density at radius 1 is 1.27 bits per heavy atom. The summed E-state index contributed by atoms with van der Waals surface area (Å²) in [6.07, 6.45) is 0.244. The number of carbonyl (C=O) groups excluding carboxylic acids is 1. The number of aromatic nitrogens is 3. The minimum absolute atomic E-state index is 0.106. The molecule has 7 nitrogen and oxygen atoms in total. The third kappa shape index (κ3) is 3.81. The lowest BCUT2D eigenvalue weighted by atomic mass is 10.1. The number of aryl methyl sites for hydroxylation is 3. The van der Waals surface area contributed by atoms with Crippen LogP contribution in [-0.4, -0.2) is 35.1 Å². The molecule has 0 saturated carbocycles. The Morgan fingerprint density at radius 3 is 2.59 bits per heavy atom. The van der Waals surface area contributed by atoms with Gasteiger partial charge in [-0.3, -0.25) is 4.79 Å². The number of carbonyl (C=O) groups is 1. The first kappa shape index (κ1) is 15.9. The van der Waals surface area contributed by atoms with Gasteiger partial charge in [-0.15, -0.1) is 0 Å². The van der Waals surface area contributed by atoms with E-state index in [9.17, 15) is 4.79 Å². The fraction of sp³-hybridized carbons (Fsp3) is 0.467. The quantitative estimate of drug-likeness (QED) is 0.896. The second kappa shape index (κ2) is 6.55. The van der Waals surface area contributed by atoms with Crippen molar-refractivity contribution >= 4 is 11.7 Å². The van der Waals surface area contributed by atoms with E-state index in [1.165, 1.54) is 0 Å². The van der Waals surface area contributed by atoms with E-state index in [-0.39, 0.29) is 12.3 Å². The van der Waals surface area contributed by atoms with Crippen LogP contribution in [0.3, 0.4) is 0 Å². The molecule has 0 bridgehead atoms. The normalized spacial score (nSPS) is 10.6. The van der Waals surface area contributed by atoms with Crippen molar-refractivity contribution in [2.24, 2.45) is 0 Å². The molecule has 0 radical (unpaired) electrons. The molecule has 0 atom stereocenters. The average Bonchev–Trinajstić information content (AvgIpc) is 2.76. The minimum atomic E-state index is -0.106. The highest BCUT2D eigenvalue weighted by Crippen LogP contribution is 2.13. The van der Waals surface area contributed by atoms with Crippen LogP contribution in [0.5, 0.6) is 0 Å². The van der Waals surface area contributed by atoms with Gasteiger partial charge in [0.2, 0.25) is 5.91 Å². The maximum absolute atomic E-state index is 12.0. The van der Waals surface area contributed by atoms with E-state index in [1.807, 2.05) is 38.9 Å². The molecule has 0 aliphatic rings. The molecule has 22 heavy (non-hydrogen) atoms. The van der Waals surface area contributed by atoms with Gasteiger partial charge in [0.15, 0.2) is 0 Å². The Labute approximate surface area is 129 Å². The summed E-state index contributed by atoms with van der Waals surface area (Å²) in [6.45, 7) is 5.83. The van der Waals surface area contributed by atoms with E-state index in [0.29, 0.717) is 18.1 Å². The predicted molar refractivity (Wildman–Crippen MR) is 82.6 cm³/mol. The molecule has 7 heteroatoms. The smallest absolute Gasteiger partial charge is 0.224 e. The summed E-state index contributed by atoms with van der Waals surface area (Å²) in [5.41, 5.74) is 2.44. The molecule has 0 fully saturated rings. The average molecular weight is 303 g/mol. The van der Waals surface area contributed by atoms with Crippen LogP contribution < -0.4 is 10.2 Å². The lowest BCUT2D eigenvalue weighted by molar-refractivity contribution is -0.120. The Balaban J connectivity index is 1.99. The zero-order valence-electron chi connectivity index (χ0n) is 13.6. The van der Waals surface area contributed by atoms with E-state index in [2.05, 4.69) is 20.4 Å². The van der Waals surface area contributed by atoms with Crippen LogP contribution in [0.1, 0.15) is 28.5 Å². The van der Waals surface area contributed by atoms with Crippen molar-refractivity contribution in [3.05, 3.63) is 34.6 Å². The van der Waals surface area contributed by atoms with E-state index in [4.69, 9.17) is 4.52 Å². The minimum Gasteiger partial charge on any atom is -0.363 e. The van der Waals surface area contributed by atoms with Crippen LogP contribution in [0.25, 0.3) is 0 Å². The highest BCUT2D eigenvalue weighted by atomic mass is 16.5. The lowest BCUT2D eigenvalue weighted by Crippen LogP contribution is -2.26. The monoisotopic (exact) mass is 303 g/mol. The van der Waals surface area contributed by atoms with Crippen LogP contribution >= 0.6 is 0 Å². The summed E-state index contributed by atoms with van der Waals surface area (Å²) in [5, 5.41) is 6.68. The van der Waals surface area contributed by atoms with Crippen molar-refractivity contribution < 1.29 is 9.32 Å². The standard InChI is InChI=1S/C15H21N5O2/c1-9-6-14(20(4)5)18-13(17-9)8-16-15(21)7-12-10(2)19-22-11(12)3/h6H,7-8H2,1-5H3,(H,16,21). The number of rotatable bonds is 5. The predicted octanol–water partition coefficient (Wildman–Crippen LogP) is 1.31. The van der Waals surface area contributed by atoms with E-state index in [1.54, 1.807) is 6.92 Å². The molecule has 2 aromatic heterocycles. The van der Waals surface area contributed by atoms with Crippen LogP contribution in [0.15, 0.2) is 10.6 Å². The molecule has 2 rings (SSSR count). The van der Waals surface area contributed by atoms with Crippen LogP contribution in [0, 0.1) is 20.8 Å². The summed E-state index contributed by atoms with van der Waals surface area (Å²) in [6, 6.07) is 1.90. The molecule has 118 valence electrons.